The predicted octanol–water partition coefficient (Wildman–Crippen LogP) is 2.87. The highest BCUT2D eigenvalue weighted by atomic mass is 19.1. The van der Waals surface area contributed by atoms with Gasteiger partial charge in [-0.3, -0.25) is 9.59 Å². The smallest absolute Gasteiger partial charge is 0.312 e. The Bertz CT molecular complexity index is 673. The molecule has 1 saturated carbocycles. The lowest BCUT2D eigenvalue weighted by Crippen LogP contribution is -2.45. The molecule has 0 aromatic heterocycles. The maximum atomic E-state index is 13.6. The molecular formula is C19H25FN2O2. The normalized spacial score (nSPS) is 27.8. The Morgan fingerprint density at radius 2 is 1.96 bits per heavy atom. The number of hydrogen-bond donors (Lipinski definition) is 1. The molecule has 0 radical (unpaired) electrons. The van der Waals surface area contributed by atoms with Gasteiger partial charge in [0.15, 0.2) is 0 Å². The molecule has 24 heavy (non-hydrogen) atoms. The monoisotopic (exact) mass is 332 g/mol. The van der Waals surface area contributed by atoms with E-state index in [4.69, 9.17) is 0 Å². The Morgan fingerprint density at radius 1 is 1.25 bits per heavy atom. The third-order valence-electron chi connectivity index (χ3n) is 5.27. The zero-order chi connectivity index (χ0) is 17.5. The van der Waals surface area contributed by atoms with Gasteiger partial charge in [-0.25, -0.2) is 4.39 Å². The van der Waals surface area contributed by atoms with Crippen LogP contribution in [0.25, 0.3) is 0 Å². The van der Waals surface area contributed by atoms with Gasteiger partial charge in [0, 0.05) is 24.7 Å². The largest absolute Gasteiger partial charge is 0.344 e. The van der Waals surface area contributed by atoms with Gasteiger partial charge < -0.3 is 10.2 Å². The summed E-state index contributed by atoms with van der Waals surface area (Å²) < 4.78 is 13.6. The molecule has 2 amide bonds. The van der Waals surface area contributed by atoms with Gasteiger partial charge in [-0.15, -0.1) is 0 Å². The summed E-state index contributed by atoms with van der Waals surface area (Å²) in [6, 6.07) is 6.38. The van der Waals surface area contributed by atoms with E-state index in [-0.39, 0.29) is 29.2 Å². The molecule has 2 aliphatic rings. The second kappa shape index (κ2) is 5.87. The number of fused-ring (bicyclic) bond motifs is 2. The molecule has 0 spiro atoms. The standard InChI is InChI=1S/C19H25FN2O2/c1-18(2)8-14-9-19(3,11-18)12-22(14)17(24)16(23)21-10-13-6-4-5-7-15(13)20/h4-7,14H,8-12H2,1-3H3,(H,21,23). The van der Waals surface area contributed by atoms with Crippen LogP contribution in [0.5, 0.6) is 0 Å². The molecule has 1 N–H and O–H groups in total. The lowest BCUT2D eigenvalue weighted by Gasteiger charge is -2.39. The van der Waals surface area contributed by atoms with Crippen LogP contribution in [-0.4, -0.2) is 29.3 Å². The molecule has 2 bridgehead atoms. The second-order valence-electron chi connectivity index (χ2n) is 8.42. The molecule has 2 fully saturated rings. The maximum absolute atomic E-state index is 13.6. The van der Waals surface area contributed by atoms with E-state index in [9.17, 15) is 14.0 Å². The lowest BCUT2D eigenvalue weighted by molar-refractivity contribution is -0.146. The summed E-state index contributed by atoms with van der Waals surface area (Å²) in [5, 5.41) is 2.56. The summed E-state index contributed by atoms with van der Waals surface area (Å²) >= 11 is 0. The molecule has 2 unspecified atom stereocenters. The Kier molecular flexibility index (Phi) is 4.14. The highest BCUT2D eigenvalue weighted by Gasteiger charge is 2.51. The fourth-order valence-corrected chi connectivity index (χ4v) is 4.72. The van der Waals surface area contributed by atoms with Crippen molar-refractivity contribution < 1.29 is 14.0 Å². The Hall–Kier alpha value is -1.91. The van der Waals surface area contributed by atoms with Crippen LogP contribution >= 0.6 is 0 Å². The van der Waals surface area contributed by atoms with Crippen LogP contribution in [0.4, 0.5) is 4.39 Å². The molecule has 1 aliphatic carbocycles. The van der Waals surface area contributed by atoms with E-state index in [2.05, 4.69) is 26.1 Å². The summed E-state index contributed by atoms with van der Waals surface area (Å²) in [5.74, 6) is -1.51. The zero-order valence-corrected chi connectivity index (χ0v) is 14.6. The third-order valence-corrected chi connectivity index (χ3v) is 5.27. The van der Waals surface area contributed by atoms with Gasteiger partial charge in [0.2, 0.25) is 0 Å². The molecule has 1 heterocycles. The van der Waals surface area contributed by atoms with Crippen molar-refractivity contribution in [3.8, 4) is 0 Å². The number of nitrogens with zero attached hydrogens (tertiary/aromatic N) is 1. The van der Waals surface area contributed by atoms with Gasteiger partial charge in [-0.2, -0.15) is 0 Å². The van der Waals surface area contributed by atoms with Crippen LogP contribution in [0, 0.1) is 16.6 Å². The molecular weight excluding hydrogens is 307 g/mol. The SMILES string of the molecule is CC1(C)CC2CC(C)(CN2C(=O)C(=O)NCc2ccccc2F)C1. The summed E-state index contributed by atoms with van der Waals surface area (Å²) in [5.41, 5.74) is 0.663. The van der Waals surface area contributed by atoms with Crippen molar-refractivity contribution in [3.05, 3.63) is 35.6 Å². The van der Waals surface area contributed by atoms with E-state index >= 15 is 0 Å². The summed E-state index contributed by atoms with van der Waals surface area (Å²) in [4.78, 5) is 26.5. The zero-order valence-electron chi connectivity index (χ0n) is 14.6. The number of hydrogen-bond acceptors (Lipinski definition) is 2. The van der Waals surface area contributed by atoms with Gasteiger partial charge in [0.1, 0.15) is 5.82 Å². The van der Waals surface area contributed by atoms with Crippen LogP contribution in [0.1, 0.15) is 45.6 Å². The average molecular weight is 332 g/mol. The molecule has 1 aliphatic heterocycles. The van der Waals surface area contributed by atoms with Gasteiger partial charge in [0.05, 0.1) is 0 Å². The predicted molar refractivity (Wildman–Crippen MR) is 89.5 cm³/mol. The summed E-state index contributed by atoms with van der Waals surface area (Å²) in [6.45, 7) is 7.31. The number of carbonyl (C=O) groups is 2. The van der Waals surface area contributed by atoms with Gasteiger partial charge in [-0.05, 0) is 36.2 Å². The number of carbonyl (C=O) groups excluding carboxylic acids is 2. The van der Waals surface area contributed by atoms with Crippen LogP contribution in [0.3, 0.4) is 0 Å². The van der Waals surface area contributed by atoms with Crippen molar-refractivity contribution in [2.45, 2.75) is 52.6 Å². The maximum Gasteiger partial charge on any atom is 0.312 e. The molecule has 3 rings (SSSR count). The van der Waals surface area contributed by atoms with E-state index in [1.165, 1.54) is 6.07 Å². The highest BCUT2D eigenvalue weighted by molar-refractivity contribution is 6.35. The van der Waals surface area contributed by atoms with E-state index in [1.807, 2.05) is 0 Å². The van der Waals surface area contributed by atoms with Crippen molar-refractivity contribution in [2.24, 2.45) is 10.8 Å². The van der Waals surface area contributed by atoms with Crippen molar-refractivity contribution in [3.63, 3.8) is 0 Å². The van der Waals surface area contributed by atoms with Gasteiger partial charge in [-0.1, -0.05) is 39.0 Å². The number of nitrogens with one attached hydrogen (secondary N) is 1. The van der Waals surface area contributed by atoms with Gasteiger partial charge in [0.25, 0.3) is 0 Å². The lowest BCUT2D eigenvalue weighted by atomic mass is 9.65. The van der Waals surface area contributed by atoms with Gasteiger partial charge >= 0.3 is 11.8 Å². The number of benzene rings is 1. The van der Waals surface area contributed by atoms with E-state index in [0.29, 0.717) is 12.1 Å². The minimum Gasteiger partial charge on any atom is -0.344 e. The average Bonchev–Trinajstić information content (AvgIpc) is 2.74. The van der Waals surface area contributed by atoms with Crippen LogP contribution in [0.2, 0.25) is 0 Å². The van der Waals surface area contributed by atoms with Crippen molar-refractivity contribution in [1.82, 2.24) is 10.2 Å². The Labute approximate surface area is 142 Å². The number of amides is 2. The van der Waals surface area contributed by atoms with Crippen LogP contribution < -0.4 is 5.32 Å². The fraction of sp³-hybridized carbons (Fsp3) is 0.579. The number of halogens is 1. The first kappa shape index (κ1) is 16.9. The molecule has 1 saturated heterocycles. The minimum atomic E-state index is -0.646. The highest BCUT2D eigenvalue weighted by Crippen LogP contribution is 2.52. The van der Waals surface area contributed by atoms with Crippen LogP contribution in [0.15, 0.2) is 24.3 Å². The molecule has 1 aromatic rings. The van der Waals surface area contributed by atoms with Crippen molar-refractivity contribution in [2.75, 3.05) is 6.54 Å². The molecule has 5 heteroatoms. The van der Waals surface area contributed by atoms with E-state index in [0.717, 1.165) is 19.3 Å². The Balaban J connectivity index is 1.64. The van der Waals surface area contributed by atoms with Crippen molar-refractivity contribution in [1.29, 1.82) is 0 Å². The first-order valence-electron chi connectivity index (χ1n) is 8.51. The van der Waals surface area contributed by atoms with Crippen LogP contribution in [-0.2, 0) is 16.1 Å². The van der Waals surface area contributed by atoms with E-state index in [1.54, 1.807) is 23.1 Å². The number of rotatable bonds is 2. The third kappa shape index (κ3) is 3.30. The molecule has 1 aromatic carbocycles. The van der Waals surface area contributed by atoms with E-state index < -0.39 is 11.8 Å². The minimum absolute atomic E-state index is 0.0263. The first-order chi connectivity index (χ1) is 11.2. The quantitative estimate of drug-likeness (QED) is 0.847. The number of likely N-dealkylation sites (tertiary alicyclic amines) is 1. The topological polar surface area (TPSA) is 49.4 Å². The summed E-state index contributed by atoms with van der Waals surface area (Å²) in [7, 11) is 0. The second-order valence-corrected chi connectivity index (χ2v) is 8.42. The fourth-order valence-electron chi connectivity index (χ4n) is 4.72. The van der Waals surface area contributed by atoms with Crippen molar-refractivity contribution >= 4 is 11.8 Å². The molecule has 4 nitrogen and oxygen atoms in total. The Morgan fingerprint density at radius 3 is 2.67 bits per heavy atom. The first-order valence-corrected chi connectivity index (χ1v) is 8.51. The summed E-state index contributed by atoms with van der Waals surface area (Å²) in [6.07, 6.45) is 2.95. The molecule has 130 valence electrons. The molecule has 2 atom stereocenters.